The average Bonchev–Trinajstić information content (AvgIpc) is 3.41. The van der Waals surface area contributed by atoms with Crippen molar-refractivity contribution in [1.82, 2.24) is 9.55 Å². The summed E-state index contributed by atoms with van der Waals surface area (Å²) in [7, 11) is 0. The number of nitro groups is 1. The number of aromatic nitrogens is 2. The quantitative estimate of drug-likeness (QED) is 0.380. The molecule has 2 aromatic carbocycles. The molecule has 2 aromatic heterocycles. The van der Waals surface area contributed by atoms with E-state index in [2.05, 4.69) is 4.98 Å². The summed E-state index contributed by atoms with van der Waals surface area (Å²) in [5, 5.41) is 20.9. The van der Waals surface area contributed by atoms with E-state index in [1.807, 2.05) is 0 Å². The third kappa shape index (κ3) is 3.16. The second kappa shape index (κ2) is 7.31. The molecular formula is C23H15N3O6. The normalized spacial score (nSPS) is 14.1. The van der Waals surface area contributed by atoms with Gasteiger partial charge in [-0.3, -0.25) is 19.5 Å². The van der Waals surface area contributed by atoms with Gasteiger partial charge in [-0.2, -0.15) is 0 Å². The molecule has 0 fully saturated rings. The summed E-state index contributed by atoms with van der Waals surface area (Å²) in [6.45, 7) is 0.446. The van der Waals surface area contributed by atoms with Crippen LogP contribution in [0.1, 0.15) is 28.4 Å². The van der Waals surface area contributed by atoms with Gasteiger partial charge < -0.3 is 9.52 Å². The number of carboxylic acid groups (broad SMARTS) is 1. The molecule has 4 aromatic rings. The molecule has 0 amide bonds. The van der Waals surface area contributed by atoms with Gasteiger partial charge in [-0.05, 0) is 48.9 Å². The maximum Gasteiger partial charge on any atom is 0.335 e. The van der Waals surface area contributed by atoms with Crippen molar-refractivity contribution >= 4 is 34.2 Å². The van der Waals surface area contributed by atoms with Crippen molar-refractivity contribution in [3.63, 3.8) is 0 Å². The molecule has 0 bridgehead atoms. The third-order valence-corrected chi connectivity index (χ3v) is 5.40. The Hall–Kier alpha value is -4.53. The SMILES string of the molecule is O=C(O)c1ccc2c(=O)n3c(nc2c1)/C(=C/c1ccc(-c2ccccc2[N+](=O)[O-])o1)CC3. The van der Waals surface area contributed by atoms with Gasteiger partial charge in [0.25, 0.3) is 11.2 Å². The van der Waals surface area contributed by atoms with Crippen molar-refractivity contribution in [1.29, 1.82) is 0 Å². The number of nitrogens with zero attached hydrogens (tertiary/aromatic N) is 3. The number of hydrogen-bond donors (Lipinski definition) is 1. The van der Waals surface area contributed by atoms with Gasteiger partial charge in [-0.25, -0.2) is 9.78 Å². The molecule has 0 aliphatic carbocycles. The molecule has 0 spiro atoms. The predicted molar refractivity (Wildman–Crippen MR) is 116 cm³/mol. The summed E-state index contributed by atoms with van der Waals surface area (Å²) in [4.78, 5) is 39.5. The minimum atomic E-state index is -1.09. The van der Waals surface area contributed by atoms with Gasteiger partial charge in [0.1, 0.15) is 17.3 Å². The van der Waals surface area contributed by atoms with Crippen molar-refractivity contribution in [2.45, 2.75) is 13.0 Å². The smallest absolute Gasteiger partial charge is 0.335 e. The highest BCUT2D eigenvalue weighted by molar-refractivity contribution is 5.93. The molecule has 1 N–H and O–H groups in total. The Morgan fingerprint density at radius 1 is 1.19 bits per heavy atom. The van der Waals surface area contributed by atoms with Crippen LogP contribution < -0.4 is 5.56 Å². The number of carboxylic acids is 1. The van der Waals surface area contributed by atoms with Gasteiger partial charge in [-0.1, -0.05) is 12.1 Å². The molecule has 0 unspecified atom stereocenters. The Balaban J connectivity index is 1.57. The number of benzene rings is 2. The first-order valence-electron chi connectivity index (χ1n) is 9.75. The average molecular weight is 429 g/mol. The van der Waals surface area contributed by atoms with Gasteiger partial charge in [0.05, 0.1) is 27.0 Å². The minimum absolute atomic E-state index is 0.0537. The van der Waals surface area contributed by atoms with Crippen LogP contribution in [0.5, 0.6) is 0 Å². The largest absolute Gasteiger partial charge is 0.478 e. The standard InChI is InChI=1S/C23H15N3O6/c27-22-16-7-5-14(23(28)29)12-18(16)24-21-13(9-10-25(21)22)11-15-6-8-20(32-15)17-3-1-2-4-19(17)26(30)31/h1-8,11-12H,9-10H2,(H,28,29)/b13-11+. The van der Waals surface area contributed by atoms with Crippen LogP contribution in [0.15, 0.2) is 63.8 Å². The summed E-state index contributed by atoms with van der Waals surface area (Å²) < 4.78 is 7.39. The van der Waals surface area contributed by atoms with Crippen LogP contribution in [0, 0.1) is 10.1 Å². The maximum absolute atomic E-state index is 12.9. The first kappa shape index (κ1) is 19.4. The number of aromatic carboxylic acids is 1. The Kier molecular flexibility index (Phi) is 4.44. The highest BCUT2D eigenvalue weighted by Gasteiger charge is 2.22. The summed E-state index contributed by atoms with van der Waals surface area (Å²) in [6.07, 6.45) is 2.29. The maximum atomic E-state index is 12.9. The molecule has 0 saturated heterocycles. The van der Waals surface area contributed by atoms with E-state index in [0.717, 1.165) is 5.57 Å². The molecule has 1 aliphatic rings. The lowest BCUT2D eigenvalue weighted by Gasteiger charge is -2.06. The van der Waals surface area contributed by atoms with Crippen LogP contribution in [0.4, 0.5) is 5.69 Å². The van der Waals surface area contributed by atoms with Crippen LogP contribution in [-0.2, 0) is 6.54 Å². The molecule has 9 heteroatoms. The molecule has 0 radical (unpaired) electrons. The number of nitro benzene ring substituents is 1. The summed E-state index contributed by atoms with van der Waals surface area (Å²) >= 11 is 0. The topological polar surface area (TPSA) is 128 Å². The molecular weight excluding hydrogens is 414 g/mol. The van der Waals surface area contributed by atoms with Crippen LogP contribution in [0.2, 0.25) is 0 Å². The van der Waals surface area contributed by atoms with E-state index in [1.165, 1.54) is 24.3 Å². The number of rotatable bonds is 4. The zero-order valence-corrected chi connectivity index (χ0v) is 16.5. The van der Waals surface area contributed by atoms with Crippen LogP contribution in [0.25, 0.3) is 33.9 Å². The number of allylic oxidation sites excluding steroid dienone is 1. The van der Waals surface area contributed by atoms with E-state index in [9.17, 15) is 24.8 Å². The summed E-state index contributed by atoms with van der Waals surface area (Å²) in [5.41, 5.74) is 1.21. The minimum Gasteiger partial charge on any atom is -0.478 e. The van der Waals surface area contributed by atoms with E-state index in [-0.39, 0.29) is 16.8 Å². The highest BCUT2D eigenvalue weighted by atomic mass is 16.6. The molecule has 0 saturated carbocycles. The monoisotopic (exact) mass is 429 g/mol. The molecule has 3 heterocycles. The van der Waals surface area contributed by atoms with E-state index < -0.39 is 10.9 Å². The fourth-order valence-corrected chi connectivity index (χ4v) is 3.88. The lowest BCUT2D eigenvalue weighted by Crippen LogP contribution is -2.20. The van der Waals surface area contributed by atoms with Crippen molar-refractivity contribution in [3.05, 3.63) is 92.2 Å². The third-order valence-electron chi connectivity index (χ3n) is 5.40. The number of fused-ring (bicyclic) bond motifs is 2. The van der Waals surface area contributed by atoms with Gasteiger partial charge in [0, 0.05) is 18.2 Å². The molecule has 0 atom stereocenters. The number of para-hydroxylation sites is 1. The Morgan fingerprint density at radius 3 is 2.78 bits per heavy atom. The van der Waals surface area contributed by atoms with Gasteiger partial charge in [0.15, 0.2) is 0 Å². The number of furan rings is 1. The van der Waals surface area contributed by atoms with Crippen molar-refractivity contribution in [2.75, 3.05) is 0 Å². The van der Waals surface area contributed by atoms with Crippen molar-refractivity contribution < 1.29 is 19.2 Å². The lowest BCUT2D eigenvalue weighted by molar-refractivity contribution is -0.384. The summed E-state index contributed by atoms with van der Waals surface area (Å²) in [5.74, 6) is 0.184. The molecule has 32 heavy (non-hydrogen) atoms. The fourth-order valence-electron chi connectivity index (χ4n) is 3.88. The van der Waals surface area contributed by atoms with E-state index in [0.29, 0.717) is 46.8 Å². The lowest BCUT2D eigenvalue weighted by atomic mass is 10.1. The van der Waals surface area contributed by atoms with Gasteiger partial charge in [0.2, 0.25) is 0 Å². The highest BCUT2D eigenvalue weighted by Crippen LogP contribution is 2.33. The first-order valence-corrected chi connectivity index (χ1v) is 9.75. The molecule has 1 aliphatic heterocycles. The number of hydrogen-bond acceptors (Lipinski definition) is 6. The Bertz CT molecular complexity index is 1510. The molecule has 158 valence electrons. The van der Waals surface area contributed by atoms with Crippen LogP contribution >= 0.6 is 0 Å². The van der Waals surface area contributed by atoms with Crippen molar-refractivity contribution in [3.8, 4) is 11.3 Å². The second-order valence-corrected chi connectivity index (χ2v) is 7.33. The first-order chi connectivity index (χ1) is 15.4. The number of carbonyl (C=O) groups is 1. The molecule has 5 rings (SSSR count). The van der Waals surface area contributed by atoms with Gasteiger partial charge in [-0.15, -0.1) is 0 Å². The van der Waals surface area contributed by atoms with Crippen LogP contribution in [0.3, 0.4) is 0 Å². The zero-order valence-electron chi connectivity index (χ0n) is 16.5. The zero-order chi connectivity index (χ0) is 22.4. The predicted octanol–water partition coefficient (Wildman–Crippen LogP) is 4.21. The summed E-state index contributed by atoms with van der Waals surface area (Å²) in [6, 6.07) is 13.9. The van der Waals surface area contributed by atoms with E-state index in [1.54, 1.807) is 41.0 Å². The molecule has 9 nitrogen and oxygen atoms in total. The van der Waals surface area contributed by atoms with E-state index >= 15 is 0 Å². The second-order valence-electron chi connectivity index (χ2n) is 7.33. The fraction of sp³-hybridized carbons (Fsp3) is 0.0870. The van der Waals surface area contributed by atoms with Crippen LogP contribution in [-0.4, -0.2) is 25.6 Å². The van der Waals surface area contributed by atoms with Gasteiger partial charge >= 0.3 is 5.97 Å². The van der Waals surface area contributed by atoms with Crippen molar-refractivity contribution in [2.24, 2.45) is 0 Å². The Labute approximate surface area is 180 Å². The van der Waals surface area contributed by atoms with E-state index in [4.69, 9.17) is 4.42 Å². The Morgan fingerprint density at radius 2 is 2.00 bits per heavy atom.